The number of carbonyl (C=O) groups is 1. The molecule has 0 fully saturated rings. The number of nitriles is 1. The van der Waals surface area contributed by atoms with Gasteiger partial charge in [-0.15, -0.1) is 0 Å². The zero-order valence-corrected chi connectivity index (χ0v) is 11.5. The van der Waals surface area contributed by atoms with E-state index in [0.29, 0.717) is 23.4 Å². The van der Waals surface area contributed by atoms with E-state index in [4.69, 9.17) is 11.0 Å². The molecule has 5 heteroatoms. The second kappa shape index (κ2) is 6.06. The lowest BCUT2D eigenvalue weighted by Crippen LogP contribution is -2.11. The number of nitrogens with one attached hydrogen (secondary N) is 1. The molecule has 0 bridgehead atoms. The van der Waals surface area contributed by atoms with Crippen LogP contribution in [0, 0.1) is 24.1 Å². The molecule has 0 aliphatic carbocycles. The van der Waals surface area contributed by atoms with Gasteiger partial charge < -0.3 is 11.1 Å². The van der Waals surface area contributed by atoms with E-state index in [2.05, 4.69) is 5.32 Å². The summed E-state index contributed by atoms with van der Waals surface area (Å²) in [5.41, 5.74) is 7.74. The van der Waals surface area contributed by atoms with Gasteiger partial charge in [0.1, 0.15) is 5.82 Å². The number of halogens is 1. The van der Waals surface area contributed by atoms with Gasteiger partial charge in [-0.05, 0) is 36.8 Å². The minimum Gasteiger partial charge on any atom is -0.381 e. The highest BCUT2D eigenvalue weighted by Gasteiger charge is 2.07. The van der Waals surface area contributed by atoms with Crippen LogP contribution in [0.25, 0.3) is 0 Å². The van der Waals surface area contributed by atoms with Crippen LogP contribution in [-0.2, 0) is 6.54 Å². The van der Waals surface area contributed by atoms with Crippen LogP contribution in [0.15, 0.2) is 36.4 Å². The SMILES string of the molecule is Cc1c(F)cc(C#N)cc1NCc1cccc(C(N)=O)c1. The second-order valence-electron chi connectivity index (χ2n) is 4.66. The number of nitrogens with zero attached hydrogens (tertiary/aromatic N) is 1. The zero-order chi connectivity index (χ0) is 15.4. The fraction of sp³-hybridized carbons (Fsp3) is 0.125. The molecule has 0 aliphatic heterocycles. The monoisotopic (exact) mass is 283 g/mol. The van der Waals surface area contributed by atoms with Crippen molar-refractivity contribution in [1.82, 2.24) is 0 Å². The molecular formula is C16H14FN3O. The molecule has 2 rings (SSSR count). The van der Waals surface area contributed by atoms with E-state index < -0.39 is 11.7 Å². The van der Waals surface area contributed by atoms with Crippen molar-refractivity contribution in [1.29, 1.82) is 5.26 Å². The van der Waals surface area contributed by atoms with Crippen LogP contribution in [0.2, 0.25) is 0 Å². The van der Waals surface area contributed by atoms with Gasteiger partial charge in [0, 0.05) is 23.4 Å². The number of rotatable bonds is 4. The molecule has 0 atom stereocenters. The van der Waals surface area contributed by atoms with E-state index in [1.54, 1.807) is 31.2 Å². The predicted molar refractivity (Wildman–Crippen MR) is 78.1 cm³/mol. The number of carbonyl (C=O) groups excluding carboxylic acids is 1. The summed E-state index contributed by atoms with van der Waals surface area (Å²) in [5, 5.41) is 11.9. The first kappa shape index (κ1) is 14.5. The smallest absolute Gasteiger partial charge is 0.248 e. The summed E-state index contributed by atoms with van der Waals surface area (Å²) in [6.45, 7) is 2.04. The van der Waals surface area contributed by atoms with Crippen LogP contribution in [0.5, 0.6) is 0 Å². The molecule has 0 unspecified atom stereocenters. The Morgan fingerprint density at radius 3 is 2.81 bits per heavy atom. The summed E-state index contributed by atoms with van der Waals surface area (Å²) in [6.07, 6.45) is 0. The molecule has 0 saturated heterocycles. The Kier molecular flexibility index (Phi) is 4.19. The third-order valence-corrected chi connectivity index (χ3v) is 3.17. The number of primary amides is 1. The molecule has 3 N–H and O–H groups in total. The standard InChI is InChI=1S/C16H14FN3O/c1-10-14(17)6-12(8-18)7-15(10)20-9-11-3-2-4-13(5-11)16(19)21/h2-7,20H,9H2,1H3,(H2,19,21). The minimum absolute atomic E-state index is 0.256. The Bertz CT molecular complexity index is 735. The third-order valence-electron chi connectivity index (χ3n) is 3.17. The maximum atomic E-state index is 13.7. The molecular weight excluding hydrogens is 269 g/mol. The van der Waals surface area contributed by atoms with Gasteiger partial charge in [-0.25, -0.2) is 4.39 Å². The quantitative estimate of drug-likeness (QED) is 0.905. The highest BCUT2D eigenvalue weighted by Crippen LogP contribution is 2.21. The number of benzene rings is 2. The van der Waals surface area contributed by atoms with Crippen LogP contribution in [0.3, 0.4) is 0 Å². The first-order chi connectivity index (χ1) is 10.0. The topological polar surface area (TPSA) is 78.9 Å². The largest absolute Gasteiger partial charge is 0.381 e. The lowest BCUT2D eigenvalue weighted by Gasteiger charge is -2.11. The Labute approximate surface area is 122 Å². The van der Waals surface area contributed by atoms with Crippen molar-refractivity contribution in [3.05, 3.63) is 64.5 Å². The normalized spacial score (nSPS) is 9.95. The van der Waals surface area contributed by atoms with E-state index in [1.807, 2.05) is 12.1 Å². The van der Waals surface area contributed by atoms with E-state index in [1.165, 1.54) is 6.07 Å². The van der Waals surface area contributed by atoms with Gasteiger partial charge in [-0.2, -0.15) is 5.26 Å². The molecule has 0 aromatic heterocycles. The third kappa shape index (κ3) is 3.37. The maximum Gasteiger partial charge on any atom is 0.248 e. The lowest BCUT2D eigenvalue weighted by atomic mass is 10.1. The minimum atomic E-state index is -0.495. The molecule has 1 amide bonds. The zero-order valence-electron chi connectivity index (χ0n) is 11.5. The van der Waals surface area contributed by atoms with E-state index in [-0.39, 0.29) is 5.56 Å². The molecule has 0 radical (unpaired) electrons. The van der Waals surface area contributed by atoms with Gasteiger partial charge in [0.05, 0.1) is 11.6 Å². The fourth-order valence-corrected chi connectivity index (χ4v) is 1.96. The number of amides is 1. The lowest BCUT2D eigenvalue weighted by molar-refractivity contribution is 0.1000. The number of hydrogen-bond acceptors (Lipinski definition) is 3. The second-order valence-corrected chi connectivity index (χ2v) is 4.66. The number of nitrogens with two attached hydrogens (primary N) is 1. The van der Waals surface area contributed by atoms with Crippen molar-refractivity contribution >= 4 is 11.6 Å². The maximum absolute atomic E-state index is 13.7. The Morgan fingerprint density at radius 2 is 2.14 bits per heavy atom. The van der Waals surface area contributed by atoms with Crippen molar-refractivity contribution in [3.63, 3.8) is 0 Å². The average molecular weight is 283 g/mol. The van der Waals surface area contributed by atoms with E-state index in [0.717, 1.165) is 5.56 Å². The summed E-state index contributed by atoms with van der Waals surface area (Å²) < 4.78 is 13.7. The van der Waals surface area contributed by atoms with Crippen molar-refractivity contribution < 1.29 is 9.18 Å². The molecule has 0 heterocycles. The molecule has 2 aromatic rings. The van der Waals surface area contributed by atoms with Crippen molar-refractivity contribution in [3.8, 4) is 6.07 Å². The van der Waals surface area contributed by atoms with E-state index in [9.17, 15) is 9.18 Å². The highest BCUT2D eigenvalue weighted by atomic mass is 19.1. The highest BCUT2D eigenvalue weighted by molar-refractivity contribution is 5.92. The summed E-state index contributed by atoms with van der Waals surface area (Å²) in [4.78, 5) is 11.1. The Balaban J connectivity index is 2.21. The number of anilines is 1. The van der Waals surface area contributed by atoms with Crippen LogP contribution >= 0.6 is 0 Å². The predicted octanol–water partition coefficient (Wildman–Crippen LogP) is 2.72. The Morgan fingerprint density at radius 1 is 1.38 bits per heavy atom. The molecule has 106 valence electrons. The molecule has 0 spiro atoms. The summed E-state index contributed by atoms with van der Waals surface area (Å²) in [7, 11) is 0. The van der Waals surface area contributed by atoms with Crippen LogP contribution in [0.1, 0.15) is 27.0 Å². The van der Waals surface area contributed by atoms with Gasteiger partial charge in [-0.1, -0.05) is 12.1 Å². The van der Waals surface area contributed by atoms with Gasteiger partial charge in [0.2, 0.25) is 5.91 Å². The number of hydrogen-bond donors (Lipinski definition) is 2. The van der Waals surface area contributed by atoms with Gasteiger partial charge in [0.25, 0.3) is 0 Å². The molecule has 21 heavy (non-hydrogen) atoms. The molecule has 2 aromatic carbocycles. The van der Waals surface area contributed by atoms with E-state index >= 15 is 0 Å². The van der Waals surface area contributed by atoms with Crippen molar-refractivity contribution in [2.75, 3.05) is 5.32 Å². The molecule has 4 nitrogen and oxygen atoms in total. The van der Waals surface area contributed by atoms with Gasteiger partial charge in [0.15, 0.2) is 0 Å². The first-order valence-corrected chi connectivity index (χ1v) is 6.34. The van der Waals surface area contributed by atoms with Crippen LogP contribution in [0.4, 0.5) is 10.1 Å². The van der Waals surface area contributed by atoms with Crippen LogP contribution in [-0.4, -0.2) is 5.91 Å². The fourth-order valence-electron chi connectivity index (χ4n) is 1.96. The van der Waals surface area contributed by atoms with Gasteiger partial charge in [-0.3, -0.25) is 4.79 Å². The average Bonchev–Trinajstić information content (AvgIpc) is 2.48. The van der Waals surface area contributed by atoms with Gasteiger partial charge >= 0.3 is 0 Å². The summed E-state index contributed by atoms with van der Waals surface area (Å²) in [5.74, 6) is -0.923. The Hall–Kier alpha value is -2.87. The van der Waals surface area contributed by atoms with Crippen LogP contribution < -0.4 is 11.1 Å². The summed E-state index contributed by atoms with van der Waals surface area (Å²) in [6, 6.07) is 11.6. The molecule has 0 saturated carbocycles. The first-order valence-electron chi connectivity index (χ1n) is 6.34. The molecule has 0 aliphatic rings. The van der Waals surface area contributed by atoms with Crippen molar-refractivity contribution in [2.45, 2.75) is 13.5 Å². The summed E-state index contributed by atoms with van der Waals surface area (Å²) >= 11 is 0. The van der Waals surface area contributed by atoms with Crippen molar-refractivity contribution in [2.24, 2.45) is 5.73 Å².